The van der Waals surface area contributed by atoms with E-state index in [9.17, 15) is 19.1 Å². The molecule has 3 heterocycles. The molecule has 1 aromatic heterocycles. The Balaban J connectivity index is 1.29. The zero-order valence-corrected chi connectivity index (χ0v) is 19.0. The maximum atomic E-state index is 13.3. The summed E-state index contributed by atoms with van der Waals surface area (Å²) < 4.78 is 13.7. The van der Waals surface area contributed by atoms with Crippen LogP contribution in [0.25, 0.3) is 11.0 Å². The van der Waals surface area contributed by atoms with Crippen molar-refractivity contribution in [2.24, 2.45) is 17.8 Å². The van der Waals surface area contributed by atoms with Crippen molar-refractivity contribution in [2.45, 2.75) is 81.5 Å². The van der Waals surface area contributed by atoms with Crippen LogP contribution in [0.3, 0.4) is 0 Å². The first-order valence-electron chi connectivity index (χ1n) is 12.2. The van der Waals surface area contributed by atoms with Gasteiger partial charge in [-0.25, -0.2) is 4.98 Å². The normalized spacial score (nSPS) is 40.6. The van der Waals surface area contributed by atoms with E-state index in [-0.39, 0.29) is 6.04 Å². The minimum Gasteiger partial charge on any atom is -0.320 e. The monoisotopic (exact) mass is 455 g/mol. The summed E-state index contributed by atoms with van der Waals surface area (Å²) in [4.78, 5) is 39.9. The van der Waals surface area contributed by atoms with E-state index >= 15 is 0 Å². The predicted molar refractivity (Wildman–Crippen MR) is 121 cm³/mol. The van der Waals surface area contributed by atoms with Gasteiger partial charge in [0, 0.05) is 23.7 Å². The van der Waals surface area contributed by atoms with Gasteiger partial charge in [-0.05, 0) is 87.7 Å². The Bertz CT molecular complexity index is 1190. The second-order valence-corrected chi connectivity index (χ2v) is 12.7. The van der Waals surface area contributed by atoms with E-state index in [1.165, 1.54) is 44.9 Å². The van der Waals surface area contributed by atoms with Crippen molar-refractivity contribution in [3.05, 3.63) is 34.6 Å². The van der Waals surface area contributed by atoms with Crippen molar-refractivity contribution >= 4 is 24.1 Å². The molecule has 6 fully saturated rings. The van der Waals surface area contributed by atoms with Gasteiger partial charge in [0.2, 0.25) is 5.44 Å². The molecule has 2 aromatic rings. The highest BCUT2D eigenvalue weighted by Gasteiger charge is 2.64. The molecule has 0 spiro atoms. The average Bonchev–Trinajstić information content (AvgIpc) is 3.26. The van der Waals surface area contributed by atoms with Gasteiger partial charge in [0.15, 0.2) is 0 Å². The summed E-state index contributed by atoms with van der Waals surface area (Å²) in [6.45, 7) is 0. The van der Waals surface area contributed by atoms with E-state index in [4.69, 9.17) is 0 Å². The van der Waals surface area contributed by atoms with E-state index in [0.717, 1.165) is 30.6 Å². The lowest BCUT2D eigenvalue weighted by Crippen LogP contribution is -2.58. The summed E-state index contributed by atoms with van der Waals surface area (Å²) in [5, 5.41) is 0. The van der Waals surface area contributed by atoms with Crippen LogP contribution in [-0.2, 0) is 4.57 Å². The third kappa shape index (κ3) is 2.62. The van der Waals surface area contributed by atoms with E-state index in [1.54, 1.807) is 16.7 Å². The van der Waals surface area contributed by atoms with Gasteiger partial charge in [0.1, 0.15) is 0 Å². The Morgan fingerprint density at radius 3 is 2.25 bits per heavy atom. The summed E-state index contributed by atoms with van der Waals surface area (Å²) in [6.07, 6.45) is 11.1. The Morgan fingerprint density at radius 1 is 0.938 bits per heavy atom. The molecule has 3 unspecified atom stereocenters. The molecule has 8 heteroatoms. The summed E-state index contributed by atoms with van der Waals surface area (Å²) in [7, 11) is -4.75. The van der Waals surface area contributed by atoms with Crippen LogP contribution in [0.1, 0.15) is 63.8 Å². The number of fused-ring (bicyclic) bond motifs is 3. The van der Waals surface area contributed by atoms with Crippen molar-refractivity contribution < 1.29 is 14.4 Å². The third-order valence-corrected chi connectivity index (χ3v) is 10.4. The first-order valence-corrected chi connectivity index (χ1v) is 13.8. The van der Waals surface area contributed by atoms with Crippen LogP contribution in [0.15, 0.2) is 29.1 Å². The summed E-state index contributed by atoms with van der Waals surface area (Å²) in [5.41, 5.74) is 0.328. The zero-order chi connectivity index (χ0) is 21.8. The quantitative estimate of drug-likeness (QED) is 0.691. The fraction of sp³-hybridized carbons (Fsp3) is 0.667. The van der Waals surface area contributed by atoms with Crippen molar-refractivity contribution in [3.8, 4) is 0 Å². The molecule has 2 aliphatic heterocycles. The average molecular weight is 455 g/mol. The van der Waals surface area contributed by atoms with Gasteiger partial charge in [0.05, 0.1) is 11.0 Å². The largest absolute Gasteiger partial charge is 0.380 e. The molecule has 6 aliphatic rings. The van der Waals surface area contributed by atoms with Crippen LogP contribution < -0.4 is 11.0 Å². The van der Waals surface area contributed by atoms with Crippen LogP contribution in [0, 0.1) is 17.8 Å². The van der Waals surface area contributed by atoms with Crippen LogP contribution in [0.4, 0.5) is 0 Å². The molecule has 0 amide bonds. The second kappa shape index (κ2) is 6.53. The first-order chi connectivity index (χ1) is 15.3. The highest BCUT2D eigenvalue weighted by Crippen LogP contribution is 2.65. The highest BCUT2D eigenvalue weighted by molar-refractivity contribution is 7.59. The minimum atomic E-state index is -4.75. The van der Waals surface area contributed by atoms with Gasteiger partial charge in [-0.2, -0.15) is 0 Å². The maximum Gasteiger partial charge on any atom is 0.380 e. The van der Waals surface area contributed by atoms with Gasteiger partial charge in [-0.3, -0.25) is 14.3 Å². The van der Waals surface area contributed by atoms with Crippen molar-refractivity contribution in [1.29, 1.82) is 0 Å². The highest BCUT2D eigenvalue weighted by atomic mass is 31.2. The number of para-hydroxylation sites is 2. The standard InChI is InChI=1S/C24H30N3O4P/c28-23-22(32(29,30)31)25-20-3-1-2-4-21(20)26(23)19-10-17-5-6-18(11-19)27(17)24-12-14-7-15(13-24)9-16(24)8-14/h1-4,14-19H,5-13H2,(H2,29,30,31)/t14?,15?,16?,17-,18+,19?,24?. The molecule has 170 valence electrons. The van der Waals surface area contributed by atoms with Crippen molar-refractivity contribution in [2.75, 3.05) is 0 Å². The van der Waals surface area contributed by atoms with Gasteiger partial charge in [-0.1, -0.05) is 12.1 Å². The molecule has 32 heavy (non-hydrogen) atoms. The lowest BCUT2D eigenvalue weighted by molar-refractivity contribution is -0.0244. The smallest absolute Gasteiger partial charge is 0.320 e. The predicted octanol–water partition coefficient (Wildman–Crippen LogP) is 2.95. The molecule has 4 saturated carbocycles. The summed E-state index contributed by atoms with van der Waals surface area (Å²) >= 11 is 0. The molecule has 2 N–H and O–H groups in total. The number of piperidine rings is 1. The van der Waals surface area contributed by atoms with E-state index < -0.39 is 18.6 Å². The Labute approximate surface area is 187 Å². The number of rotatable bonds is 3. The molecule has 4 aliphatic carbocycles. The van der Waals surface area contributed by atoms with E-state index in [1.807, 2.05) is 12.1 Å². The molecule has 5 atom stereocenters. The third-order valence-electron chi connectivity index (χ3n) is 9.59. The second-order valence-electron chi connectivity index (χ2n) is 11.2. The van der Waals surface area contributed by atoms with Gasteiger partial charge < -0.3 is 14.4 Å². The van der Waals surface area contributed by atoms with Gasteiger partial charge in [-0.15, -0.1) is 0 Å². The van der Waals surface area contributed by atoms with E-state index in [0.29, 0.717) is 28.7 Å². The molecule has 0 radical (unpaired) electrons. The lowest BCUT2D eigenvalue weighted by Gasteiger charge is -2.52. The van der Waals surface area contributed by atoms with Crippen LogP contribution in [0.5, 0.6) is 0 Å². The topological polar surface area (TPSA) is 95.7 Å². The fourth-order valence-electron chi connectivity index (χ4n) is 8.95. The Hall–Kier alpha value is -1.53. The fourth-order valence-corrected chi connectivity index (χ4v) is 9.55. The number of aromatic nitrogens is 2. The Kier molecular flexibility index (Phi) is 4.06. The number of benzene rings is 1. The van der Waals surface area contributed by atoms with Crippen molar-refractivity contribution in [1.82, 2.24) is 14.5 Å². The molecule has 8 rings (SSSR count). The number of nitrogens with zero attached hydrogens (tertiary/aromatic N) is 3. The Morgan fingerprint density at radius 2 is 1.59 bits per heavy atom. The van der Waals surface area contributed by atoms with Crippen LogP contribution in [-0.4, -0.2) is 41.9 Å². The first kappa shape index (κ1) is 19.9. The lowest BCUT2D eigenvalue weighted by atomic mass is 9.78. The SMILES string of the molecule is O=c1c(P(=O)(O)O)nc2ccccc2n1C1C[C@H]2CC[C@@H](C1)N2C12CC3CC(CC1C3)C2. The molecular weight excluding hydrogens is 425 g/mol. The van der Waals surface area contributed by atoms with Gasteiger partial charge >= 0.3 is 7.60 Å². The van der Waals surface area contributed by atoms with Crippen molar-refractivity contribution in [3.63, 3.8) is 0 Å². The number of hydrogen-bond donors (Lipinski definition) is 2. The summed E-state index contributed by atoms with van der Waals surface area (Å²) in [5.74, 6) is 2.70. The molecule has 7 nitrogen and oxygen atoms in total. The zero-order valence-electron chi connectivity index (χ0n) is 18.1. The molecule has 2 saturated heterocycles. The van der Waals surface area contributed by atoms with E-state index in [2.05, 4.69) is 9.88 Å². The van der Waals surface area contributed by atoms with Gasteiger partial charge in [0.25, 0.3) is 5.56 Å². The number of hydrogen-bond acceptors (Lipinski definition) is 4. The molecule has 1 aromatic carbocycles. The minimum absolute atomic E-state index is 0.0401. The van der Waals surface area contributed by atoms with Crippen LogP contribution >= 0.6 is 7.60 Å². The maximum absolute atomic E-state index is 13.3. The molecule has 6 bridgehead atoms. The summed E-state index contributed by atoms with van der Waals surface area (Å²) in [6, 6.07) is 8.15. The van der Waals surface area contributed by atoms with Crippen LogP contribution in [0.2, 0.25) is 0 Å². The molecular formula is C24H30N3O4P.